The monoisotopic (exact) mass is 338 g/mol. The number of aromatic nitrogens is 3. The van der Waals surface area contributed by atoms with Gasteiger partial charge in [-0.1, -0.05) is 13.0 Å². The Hall–Kier alpha value is -2.72. The lowest BCUT2D eigenvalue weighted by Gasteiger charge is -2.41. The summed E-state index contributed by atoms with van der Waals surface area (Å²) in [5.74, 6) is 0. The number of hydrogen-bond acceptors (Lipinski definition) is 6. The van der Waals surface area contributed by atoms with Gasteiger partial charge in [0.25, 0.3) is 5.56 Å². The van der Waals surface area contributed by atoms with Gasteiger partial charge in [-0.15, -0.1) is 0 Å². The van der Waals surface area contributed by atoms with Crippen molar-refractivity contribution in [2.24, 2.45) is 0 Å². The van der Waals surface area contributed by atoms with Gasteiger partial charge in [-0.25, -0.2) is 5.10 Å². The summed E-state index contributed by atoms with van der Waals surface area (Å²) < 4.78 is 0. The van der Waals surface area contributed by atoms with Crippen molar-refractivity contribution in [2.45, 2.75) is 32.9 Å². The van der Waals surface area contributed by atoms with Gasteiger partial charge in [0, 0.05) is 44.1 Å². The highest BCUT2D eigenvalue weighted by Gasteiger charge is 2.27. The average Bonchev–Trinajstić information content (AvgIpc) is 2.62. The number of nitriles is 1. The van der Waals surface area contributed by atoms with Gasteiger partial charge in [0.2, 0.25) is 0 Å². The Labute approximate surface area is 146 Å². The quantitative estimate of drug-likeness (QED) is 0.904. The van der Waals surface area contributed by atoms with Crippen LogP contribution in [0.3, 0.4) is 0 Å². The lowest BCUT2D eigenvalue weighted by molar-refractivity contribution is 0.220. The van der Waals surface area contributed by atoms with Crippen LogP contribution in [-0.4, -0.2) is 45.8 Å². The summed E-state index contributed by atoms with van der Waals surface area (Å²) in [5, 5.41) is 15.5. The normalized spacial score (nSPS) is 18.1. The Morgan fingerprint density at radius 3 is 3.00 bits per heavy atom. The minimum Gasteiger partial charge on any atom is -0.364 e. The van der Waals surface area contributed by atoms with Crippen LogP contribution in [0.25, 0.3) is 0 Å². The number of H-pyrrole nitrogens is 1. The molecule has 0 spiro atoms. The number of anilines is 1. The van der Waals surface area contributed by atoms with Crippen molar-refractivity contribution in [3.8, 4) is 6.07 Å². The van der Waals surface area contributed by atoms with Crippen LogP contribution in [0.5, 0.6) is 0 Å². The fraction of sp³-hybridized carbons (Fsp3) is 0.444. The lowest BCUT2D eigenvalue weighted by Crippen LogP contribution is -2.52. The number of aromatic amines is 1. The standard InChI is InChI=1S/C18H22N6O/c1-3-16-14(5-4-6-20-16)12-23-7-8-24(13(2)11-23)17-10-21-22-18(25)15(17)9-19/h4-6,10,13H,3,7-8,11-12H2,1-2H3,(H,22,25)/t13-/m1/s1. The van der Waals surface area contributed by atoms with Crippen molar-refractivity contribution in [1.29, 1.82) is 5.26 Å². The van der Waals surface area contributed by atoms with Gasteiger partial charge in [0.05, 0.1) is 11.9 Å². The topological polar surface area (TPSA) is 88.9 Å². The Bertz CT molecular complexity index is 840. The predicted molar refractivity (Wildman–Crippen MR) is 95.3 cm³/mol. The molecule has 1 aliphatic rings. The average molecular weight is 338 g/mol. The molecule has 0 bridgehead atoms. The van der Waals surface area contributed by atoms with Gasteiger partial charge in [0.15, 0.2) is 0 Å². The van der Waals surface area contributed by atoms with Gasteiger partial charge in [-0.3, -0.25) is 14.7 Å². The molecule has 0 saturated carbocycles. The van der Waals surface area contributed by atoms with Gasteiger partial charge in [-0.2, -0.15) is 10.4 Å². The van der Waals surface area contributed by atoms with E-state index in [1.807, 2.05) is 18.3 Å². The number of aryl methyl sites for hydroxylation is 1. The van der Waals surface area contributed by atoms with Crippen molar-refractivity contribution >= 4 is 5.69 Å². The highest BCUT2D eigenvalue weighted by atomic mass is 16.1. The molecule has 25 heavy (non-hydrogen) atoms. The Balaban J connectivity index is 1.74. The third-order valence-electron chi connectivity index (χ3n) is 4.68. The number of piperazine rings is 1. The van der Waals surface area contributed by atoms with E-state index in [1.54, 1.807) is 6.20 Å². The molecule has 0 unspecified atom stereocenters. The van der Waals surface area contributed by atoms with Crippen molar-refractivity contribution in [3.05, 3.63) is 51.7 Å². The molecule has 0 aromatic carbocycles. The number of hydrogen-bond donors (Lipinski definition) is 1. The largest absolute Gasteiger partial charge is 0.364 e. The van der Waals surface area contributed by atoms with Gasteiger partial charge >= 0.3 is 0 Å². The third-order valence-corrected chi connectivity index (χ3v) is 4.68. The van der Waals surface area contributed by atoms with E-state index in [-0.39, 0.29) is 11.6 Å². The van der Waals surface area contributed by atoms with Crippen LogP contribution in [0.15, 0.2) is 29.3 Å². The second-order valence-electron chi connectivity index (χ2n) is 6.31. The summed E-state index contributed by atoms with van der Waals surface area (Å²) in [6.07, 6.45) is 4.34. The Morgan fingerprint density at radius 2 is 2.28 bits per heavy atom. The molecule has 3 rings (SSSR count). The minimum atomic E-state index is -0.433. The van der Waals surface area contributed by atoms with Crippen LogP contribution in [0.2, 0.25) is 0 Å². The van der Waals surface area contributed by atoms with Crippen LogP contribution in [0, 0.1) is 11.3 Å². The van der Waals surface area contributed by atoms with E-state index in [0.717, 1.165) is 38.3 Å². The zero-order valence-electron chi connectivity index (χ0n) is 14.6. The minimum absolute atomic E-state index is 0.135. The highest BCUT2D eigenvalue weighted by molar-refractivity contribution is 5.57. The third kappa shape index (κ3) is 3.54. The molecule has 0 amide bonds. The maximum atomic E-state index is 11.8. The molecule has 0 aliphatic carbocycles. The molecule has 0 radical (unpaired) electrons. The molecular formula is C18H22N6O. The molecule has 1 aliphatic heterocycles. The maximum absolute atomic E-state index is 11.8. The number of pyridine rings is 1. The molecule has 1 atom stereocenters. The first kappa shape index (κ1) is 17.1. The predicted octanol–water partition coefficient (Wildman–Crippen LogP) is 1.31. The van der Waals surface area contributed by atoms with E-state index < -0.39 is 5.56 Å². The molecule has 2 aromatic heterocycles. The van der Waals surface area contributed by atoms with Crippen molar-refractivity contribution < 1.29 is 0 Å². The fourth-order valence-electron chi connectivity index (χ4n) is 3.42. The molecular weight excluding hydrogens is 316 g/mol. The van der Waals surface area contributed by atoms with E-state index in [0.29, 0.717) is 5.69 Å². The first-order valence-corrected chi connectivity index (χ1v) is 8.53. The zero-order valence-corrected chi connectivity index (χ0v) is 14.6. The molecule has 1 saturated heterocycles. The van der Waals surface area contributed by atoms with E-state index in [4.69, 9.17) is 0 Å². The molecule has 1 fully saturated rings. The van der Waals surface area contributed by atoms with Crippen LogP contribution >= 0.6 is 0 Å². The SMILES string of the molecule is CCc1ncccc1CN1CCN(c2cn[nH]c(=O)c2C#N)[C@H](C)C1. The Kier molecular flexibility index (Phi) is 5.10. The zero-order chi connectivity index (χ0) is 17.8. The van der Waals surface area contributed by atoms with Crippen LogP contribution in [0.4, 0.5) is 5.69 Å². The molecule has 7 heteroatoms. The van der Waals surface area contributed by atoms with Crippen LogP contribution in [-0.2, 0) is 13.0 Å². The molecule has 3 heterocycles. The molecule has 1 N–H and O–H groups in total. The number of nitrogens with zero attached hydrogens (tertiary/aromatic N) is 5. The summed E-state index contributed by atoms with van der Waals surface area (Å²) in [6, 6.07) is 6.30. The van der Waals surface area contributed by atoms with Gasteiger partial charge in [-0.05, 0) is 25.0 Å². The maximum Gasteiger partial charge on any atom is 0.284 e. The smallest absolute Gasteiger partial charge is 0.284 e. The first-order chi connectivity index (χ1) is 12.1. The van der Waals surface area contributed by atoms with Gasteiger partial charge < -0.3 is 4.90 Å². The summed E-state index contributed by atoms with van der Waals surface area (Å²) >= 11 is 0. The van der Waals surface area contributed by atoms with Crippen LogP contribution < -0.4 is 10.5 Å². The van der Waals surface area contributed by atoms with E-state index >= 15 is 0 Å². The summed E-state index contributed by atoms with van der Waals surface area (Å²) in [4.78, 5) is 20.8. The molecule has 7 nitrogen and oxygen atoms in total. The van der Waals surface area contributed by atoms with Crippen molar-refractivity contribution in [1.82, 2.24) is 20.1 Å². The van der Waals surface area contributed by atoms with Gasteiger partial charge in [0.1, 0.15) is 11.6 Å². The summed E-state index contributed by atoms with van der Waals surface area (Å²) in [7, 11) is 0. The van der Waals surface area contributed by atoms with Crippen molar-refractivity contribution in [3.63, 3.8) is 0 Å². The van der Waals surface area contributed by atoms with Crippen LogP contribution in [0.1, 0.15) is 30.7 Å². The number of nitrogens with one attached hydrogen (secondary N) is 1. The fourth-order valence-corrected chi connectivity index (χ4v) is 3.42. The summed E-state index contributed by atoms with van der Waals surface area (Å²) in [6.45, 7) is 7.57. The van der Waals surface area contributed by atoms with E-state index in [9.17, 15) is 10.1 Å². The van der Waals surface area contributed by atoms with Crippen molar-refractivity contribution in [2.75, 3.05) is 24.5 Å². The van der Waals surface area contributed by atoms with E-state index in [1.165, 1.54) is 5.56 Å². The first-order valence-electron chi connectivity index (χ1n) is 8.53. The van der Waals surface area contributed by atoms with E-state index in [2.05, 4.69) is 44.9 Å². The molecule has 130 valence electrons. The number of rotatable bonds is 4. The second-order valence-corrected chi connectivity index (χ2v) is 6.31. The highest BCUT2D eigenvalue weighted by Crippen LogP contribution is 2.22. The molecule has 2 aromatic rings. The lowest BCUT2D eigenvalue weighted by atomic mass is 10.1. The Morgan fingerprint density at radius 1 is 1.44 bits per heavy atom. The second kappa shape index (κ2) is 7.45. The summed E-state index contributed by atoms with van der Waals surface area (Å²) in [5.41, 5.74) is 2.73.